The largest absolute Gasteiger partial charge is 0.399 e. The molecule has 0 aliphatic carbocycles. The van der Waals surface area contributed by atoms with Crippen molar-refractivity contribution < 1.29 is 4.79 Å². The summed E-state index contributed by atoms with van der Waals surface area (Å²) in [5.74, 6) is -0.00644. The van der Waals surface area contributed by atoms with Gasteiger partial charge in [-0.1, -0.05) is 0 Å². The van der Waals surface area contributed by atoms with Crippen LogP contribution in [0.25, 0.3) is 10.9 Å². The van der Waals surface area contributed by atoms with E-state index in [2.05, 4.69) is 10.4 Å². The van der Waals surface area contributed by atoms with Gasteiger partial charge in [0.25, 0.3) is 5.91 Å². The van der Waals surface area contributed by atoms with Crippen LogP contribution in [-0.4, -0.2) is 22.8 Å². The number of anilines is 1. The highest BCUT2D eigenvalue weighted by Gasteiger charge is 2.16. The van der Waals surface area contributed by atoms with Crippen LogP contribution in [0, 0.1) is 0 Å². The first kappa shape index (κ1) is 12.7. The number of fused-ring (bicyclic) bond motifs is 1. The third-order valence-corrected chi connectivity index (χ3v) is 4.01. The van der Waals surface area contributed by atoms with E-state index in [1.807, 2.05) is 36.7 Å². The minimum absolute atomic E-state index is 0.00644. The predicted octanol–water partition coefficient (Wildman–Crippen LogP) is 3.08. The van der Waals surface area contributed by atoms with Crippen molar-refractivity contribution >= 4 is 33.8 Å². The van der Waals surface area contributed by atoms with E-state index in [1.54, 1.807) is 22.4 Å². The second kappa shape index (κ2) is 5.02. The number of carbonyl (C=O) groups excluding carboxylic acids is 1. The number of thiophene rings is 1. The van der Waals surface area contributed by atoms with Crippen LogP contribution in [0.2, 0.25) is 0 Å². The van der Waals surface area contributed by atoms with E-state index in [0.717, 1.165) is 16.5 Å². The van der Waals surface area contributed by atoms with Gasteiger partial charge in [0.1, 0.15) is 0 Å². The fourth-order valence-electron chi connectivity index (χ4n) is 2.25. The van der Waals surface area contributed by atoms with Crippen LogP contribution in [0.3, 0.4) is 0 Å². The Labute approximate surface area is 120 Å². The number of hydrogen-bond acceptors (Lipinski definition) is 3. The number of aromatic nitrogens is 1. The molecule has 0 saturated heterocycles. The SMILES string of the molecule is CN(Cc1ccsc1)C(=O)c1c[nH]c2ccc(N)cc12. The highest BCUT2D eigenvalue weighted by Crippen LogP contribution is 2.22. The van der Waals surface area contributed by atoms with E-state index >= 15 is 0 Å². The Morgan fingerprint density at radius 3 is 3.00 bits per heavy atom. The number of rotatable bonds is 3. The highest BCUT2D eigenvalue weighted by molar-refractivity contribution is 7.07. The summed E-state index contributed by atoms with van der Waals surface area (Å²) in [7, 11) is 1.81. The van der Waals surface area contributed by atoms with E-state index in [4.69, 9.17) is 5.73 Å². The Kier molecular flexibility index (Phi) is 3.20. The van der Waals surface area contributed by atoms with Crippen LogP contribution in [0.4, 0.5) is 5.69 Å². The van der Waals surface area contributed by atoms with Gasteiger partial charge in [-0.15, -0.1) is 0 Å². The summed E-state index contributed by atoms with van der Waals surface area (Å²) < 4.78 is 0. The zero-order valence-corrected chi connectivity index (χ0v) is 11.9. The molecule has 0 unspecified atom stereocenters. The van der Waals surface area contributed by atoms with Crippen LogP contribution in [0.15, 0.2) is 41.2 Å². The third-order valence-electron chi connectivity index (χ3n) is 3.28. The molecule has 0 radical (unpaired) electrons. The van der Waals surface area contributed by atoms with Gasteiger partial charge in [0.05, 0.1) is 5.56 Å². The van der Waals surface area contributed by atoms with Crippen LogP contribution in [-0.2, 0) is 6.54 Å². The van der Waals surface area contributed by atoms with Crippen LogP contribution in [0.1, 0.15) is 15.9 Å². The number of amides is 1. The van der Waals surface area contributed by atoms with E-state index in [-0.39, 0.29) is 5.91 Å². The molecule has 0 aliphatic rings. The van der Waals surface area contributed by atoms with Gasteiger partial charge < -0.3 is 15.6 Å². The Hall–Kier alpha value is -2.27. The maximum atomic E-state index is 12.5. The normalized spacial score (nSPS) is 10.8. The van der Waals surface area contributed by atoms with Crippen molar-refractivity contribution in [3.8, 4) is 0 Å². The molecule has 3 rings (SSSR count). The number of nitrogens with one attached hydrogen (secondary N) is 1. The Balaban J connectivity index is 1.90. The topological polar surface area (TPSA) is 62.1 Å². The van der Waals surface area contributed by atoms with E-state index < -0.39 is 0 Å². The second-order valence-electron chi connectivity index (χ2n) is 4.80. The number of benzene rings is 1. The number of H-pyrrole nitrogens is 1. The fraction of sp³-hybridized carbons (Fsp3) is 0.133. The first-order valence-corrected chi connectivity index (χ1v) is 7.22. The quantitative estimate of drug-likeness (QED) is 0.726. The second-order valence-corrected chi connectivity index (χ2v) is 5.58. The maximum absolute atomic E-state index is 12.5. The third kappa shape index (κ3) is 2.28. The molecule has 4 nitrogen and oxygen atoms in total. The molecule has 3 aromatic rings. The van der Waals surface area contributed by atoms with Crippen molar-refractivity contribution in [2.75, 3.05) is 12.8 Å². The van der Waals surface area contributed by atoms with Gasteiger partial charge in [-0.25, -0.2) is 0 Å². The van der Waals surface area contributed by atoms with Gasteiger partial charge in [-0.3, -0.25) is 4.79 Å². The molecule has 0 bridgehead atoms. The molecule has 0 saturated carbocycles. The Morgan fingerprint density at radius 1 is 1.40 bits per heavy atom. The van der Waals surface area contributed by atoms with Crippen molar-refractivity contribution in [3.63, 3.8) is 0 Å². The smallest absolute Gasteiger partial charge is 0.256 e. The summed E-state index contributed by atoms with van der Waals surface area (Å²) in [5, 5.41) is 4.93. The molecule has 2 aromatic heterocycles. The van der Waals surface area contributed by atoms with Crippen LogP contribution >= 0.6 is 11.3 Å². The van der Waals surface area contributed by atoms with Crippen LogP contribution < -0.4 is 5.73 Å². The molecule has 0 aliphatic heterocycles. The van der Waals surface area contributed by atoms with Crippen molar-refractivity contribution in [3.05, 3.63) is 52.3 Å². The predicted molar refractivity (Wildman–Crippen MR) is 82.8 cm³/mol. The van der Waals surface area contributed by atoms with Crippen molar-refractivity contribution in [1.82, 2.24) is 9.88 Å². The lowest BCUT2D eigenvalue weighted by molar-refractivity contribution is 0.0787. The molecule has 1 aromatic carbocycles. The summed E-state index contributed by atoms with van der Waals surface area (Å²) in [6, 6.07) is 7.57. The lowest BCUT2D eigenvalue weighted by Gasteiger charge is -2.16. The molecule has 0 spiro atoms. The summed E-state index contributed by atoms with van der Waals surface area (Å²) in [6.07, 6.45) is 1.75. The number of nitrogen functional groups attached to an aromatic ring is 1. The summed E-state index contributed by atoms with van der Waals surface area (Å²) in [6.45, 7) is 0.608. The number of nitrogens with two attached hydrogens (primary N) is 1. The van der Waals surface area contributed by atoms with Gasteiger partial charge >= 0.3 is 0 Å². The number of hydrogen-bond donors (Lipinski definition) is 2. The monoisotopic (exact) mass is 285 g/mol. The fourth-order valence-corrected chi connectivity index (χ4v) is 2.91. The van der Waals surface area contributed by atoms with E-state index in [1.165, 1.54) is 0 Å². The first-order valence-electron chi connectivity index (χ1n) is 6.28. The molecular weight excluding hydrogens is 270 g/mol. The minimum Gasteiger partial charge on any atom is -0.399 e. The average molecular weight is 285 g/mol. The lowest BCUT2D eigenvalue weighted by Crippen LogP contribution is -2.25. The maximum Gasteiger partial charge on any atom is 0.256 e. The molecule has 2 heterocycles. The zero-order valence-electron chi connectivity index (χ0n) is 11.1. The molecular formula is C15H15N3OS. The number of nitrogens with zero attached hydrogens (tertiary/aromatic N) is 1. The van der Waals surface area contributed by atoms with Crippen LogP contribution in [0.5, 0.6) is 0 Å². The molecule has 20 heavy (non-hydrogen) atoms. The van der Waals surface area contributed by atoms with Gasteiger partial charge in [0, 0.05) is 36.4 Å². The van der Waals surface area contributed by atoms with Gasteiger partial charge in [0.2, 0.25) is 0 Å². The lowest BCUT2D eigenvalue weighted by atomic mass is 10.1. The highest BCUT2D eigenvalue weighted by atomic mass is 32.1. The number of aromatic amines is 1. The molecule has 5 heteroatoms. The van der Waals surface area contributed by atoms with Crippen molar-refractivity contribution in [2.24, 2.45) is 0 Å². The Bertz CT molecular complexity index is 746. The molecule has 1 amide bonds. The summed E-state index contributed by atoms with van der Waals surface area (Å²) in [4.78, 5) is 17.4. The van der Waals surface area contributed by atoms with Gasteiger partial charge in [-0.2, -0.15) is 11.3 Å². The summed E-state index contributed by atoms with van der Waals surface area (Å²) >= 11 is 1.63. The molecule has 0 fully saturated rings. The summed E-state index contributed by atoms with van der Waals surface area (Å²) in [5.41, 5.74) is 9.18. The molecule has 102 valence electrons. The van der Waals surface area contributed by atoms with E-state index in [9.17, 15) is 4.79 Å². The molecule has 0 atom stereocenters. The average Bonchev–Trinajstić information content (AvgIpc) is 3.06. The van der Waals surface area contributed by atoms with Gasteiger partial charge in [0.15, 0.2) is 0 Å². The van der Waals surface area contributed by atoms with Crippen molar-refractivity contribution in [1.29, 1.82) is 0 Å². The molecule has 3 N–H and O–H groups in total. The number of carbonyl (C=O) groups is 1. The van der Waals surface area contributed by atoms with Crippen molar-refractivity contribution in [2.45, 2.75) is 6.54 Å². The zero-order chi connectivity index (χ0) is 14.1. The van der Waals surface area contributed by atoms with Gasteiger partial charge in [-0.05, 0) is 40.6 Å². The minimum atomic E-state index is -0.00644. The standard InChI is InChI=1S/C15H15N3OS/c1-18(8-10-4-5-20-9-10)15(19)13-7-17-14-3-2-11(16)6-12(13)14/h2-7,9,17H,8,16H2,1H3. The first-order chi connectivity index (χ1) is 9.65. The van der Waals surface area contributed by atoms with E-state index in [0.29, 0.717) is 17.8 Å². The Morgan fingerprint density at radius 2 is 2.25 bits per heavy atom.